The number of nitrogens with one attached hydrogen (secondary N) is 1. The van der Waals surface area contributed by atoms with E-state index in [-0.39, 0.29) is 0 Å². The number of nitrogen functional groups attached to an aromatic ring is 1. The van der Waals surface area contributed by atoms with Crippen LogP contribution in [0.2, 0.25) is 0 Å². The second-order valence-corrected chi connectivity index (χ2v) is 8.51. The molecule has 2 aromatic rings. The summed E-state index contributed by atoms with van der Waals surface area (Å²) in [5, 5.41) is 12.5. The summed E-state index contributed by atoms with van der Waals surface area (Å²) in [6.45, 7) is 4.19. The number of likely N-dealkylation sites (N-methyl/N-ethyl adjacent to an activating group) is 1. The molecular weight excluding hydrogens is 374 g/mol. The number of rotatable bonds is 7. The van der Waals surface area contributed by atoms with Gasteiger partial charge in [-0.25, -0.2) is 4.98 Å². The van der Waals surface area contributed by atoms with Crippen molar-refractivity contribution in [1.82, 2.24) is 14.9 Å². The first-order valence-corrected chi connectivity index (χ1v) is 11.0. The van der Waals surface area contributed by atoms with Crippen LogP contribution in [0.5, 0.6) is 0 Å². The minimum absolute atomic E-state index is 0.518. The van der Waals surface area contributed by atoms with E-state index in [2.05, 4.69) is 41.2 Å². The molecule has 1 aliphatic heterocycles. The molecule has 0 bridgehead atoms. The highest BCUT2D eigenvalue weighted by Crippen LogP contribution is 2.31. The maximum absolute atomic E-state index is 9.22. The monoisotopic (exact) mass is 405 g/mol. The molecule has 4 rings (SSSR count). The Hall–Kier alpha value is -2.85. The quantitative estimate of drug-likeness (QED) is 0.679. The number of benzene rings is 1. The van der Waals surface area contributed by atoms with Gasteiger partial charge in [0.05, 0.1) is 11.6 Å². The molecule has 7 heteroatoms. The van der Waals surface area contributed by atoms with Crippen molar-refractivity contribution in [2.45, 2.75) is 57.5 Å². The fraction of sp³-hybridized carbons (Fsp3) is 0.522. The summed E-state index contributed by atoms with van der Waals surface area (Å²) in [5.41, 5.74) is 8.77. The molecule has 1 atom stereocenters. The van der Waals surface area contributed by atoms with Crippen LogP contribution in [0.25, 0.3) is 0 Å². The van der Waals surface area contributed by atoms with Gasteiger partial charge < -0.3 is 16.0 Å². The zero-order valence-electron chi connectivity index (χ0n) is 17.9. The van der Waals surface area contributed by atoms with Crippen molar-refractivity contribution in [2.24, 2.45) is 0 Å². The molecule has 0 spiro atoms. The minimum Gasteiger partial charge on any atom is -0.399 e. The van der Waals surface area contributed by atoms with Crippen LogP contribution in [0.1, 0.15) is 50.3 Å². The van der Waals surface area contributed by atoms with E-state index in [0.717, 1.165) is 49.2 Å². The Morgan fingerprint density at radius 3 is 2.77 bits per heavy atom. The van der Waals surface area contributed by atoms with Gasteiger partial charge in [-0.3, -0.25) is 4.90 Å². The normalized spacial score (nSPS) is 19.0. The fourth-order valence-corrected chi connectivity index (χ4v) is 4.28. The third-order valence-corrected chi connectivity index (χ3v) is 6.03. The predicted molar refractivity (Wildman–Crippen MR) is 121 cm³/mol. The molecule has 2 fully saturated rings. The lowest BCUT2D eigenvalue weighted by Crippen LogP contribution is -2.47. The number of hydrogen-bond acceptors (Lipinski definition) is 7. The van der Waals surface area contributed by atoms with E-state index in [4.69, 9.17) is 15.7 Å². The SMILES string of the molecule is CCCc1cc(N2CCC[C@H](N(C)C3CC3)C2)nc(Nc2cc(N)cc(C#N)c2)n1. The van der Waals surface area contributed by atoms with Gasteiger partial charge in [0.1, 0.15) is 5.82 Å². The standard InChI is InChI=1S/C23H31N7/c1-3-5-18-13-22(30-9-4-6-21(15-30)29(2)20-7-8-20)28-23(26-18)27-19-11-16(14-24)10-17(25)12-19/h10-13,20-21H,3-9,15,25H2,1-2H3,(H,26,27,28)/t21-/m0/s1. The van der Waals surface area contributed by atoms with E-state index in [0.29, 0.717) is 23.2 Å². The topological polar surface area (TPSA) is 94.1 Å². The average molecular weight is 406 g/mol. The van der Waals surface area contributed by atoms with Crippen molar-refractivity contribution in [2.75, 3.05) is 36.1 Å². The first-order chi connectivity index (χ1) is 14.6. The highest BCUT2D eigenvalue weighted by molar-refractivity contribution is 5.64. The maximum Gasteiger partial charge on any atom is 0.229 e. The Bertz CT molecular complexity index is 932. The molecule has 1 aromatic heterocycles. The number of nitriles is 1. The Morgan fingerprint density at radius 2 is 2.03 bits per heavy atom. The third kappa shape index (κ3) is 4.82. The maximum atomic E-state index is 9.22. The number of nitrogens with two attached hydrogens (primary N) is 1. The first kappa shape index (κ1) is 20.4. The van der Waals surface area contributed by atoms with Crippen molar-refractivity contribution in [3.63, 3.8) is 0 Å². The molecule has 1 aromatic carbocycles. The van der Waals surface area contributed by atoms with E-state index in [1.807, 2.05) is 0 Å². The average Bonchev–Trinajstić information content (AvgIpc) is 3.58. The molecule has 7 nitrogen and oxygen atoms in total. The van der Waals surface area contributed by atoms with Crippen molar-refractivity contribution in [3.05, 3.63) is 35.5 Å². The molecule has 30 heavy (non-hydrogen) atoms. The van der Waals surface area contributed by atoms with Crippen LogP contribution in [0.4, 0.5) is 23.1 Å². The van der Waals surface area contributed by atoms with E-state index in [1.165, 1.54) is 25.7 Å². The number of aryl methyl sites for hydroxylation is 1. The van der Waals surface area contributed by atoms with E-state index < -0.39 is 0 Å². The number of hydrogen-bond donors (Lipinski definition) is 2. The largest absolute Gasteiger partial charge is 0.399 e. The molecule has 2 heterocycles. The van der Waals surface area contributed by atoms with Crippen LogP contribution < -0.4 is 16.0 Å². The second kappa shape index (κ2) is 8.88. The van der Waals surface area contributed by atoms with Crippen LogP contribution in [0, 0.1) is 11.3 Å². The first-order valence-electron chi connectivity index (χ1n) is 11.0. The third-order valence-electron chi connectivity index (χ3n) is 6.03. The molecule has 1 saturated carbocycles. The lowest BCUT2D eigenvalue weighted by molar-refractivity contribution is 0.206. The zero-order valence-corrected chi connectivity index (χ0v) is 17.9. The Morgan fingerprint density at radius 1 is 1.20 bits per heavy atom. The van der Waals surface area contributed by atoms with E-state index in [1.54, 1.807) is 18.2 Å². The molecule has 3 N–H and O–H groups in total. The van der Waals surface area contributed by atoms with Crippen LogP contribution >= 0.6 is 0 Å². The molecule has 158 valence electrons. The van der Waals surface area contributed by atoms with E-state index >= 15 is 0 Å². The Kier molecular flexibility index (Phi) is 6.05. The van der Waals surface area contributed by atoms with Gasteiger partial charge in [0.25, 0.3) is 0 Å². The fourth-order valence-electron chi connectivity index (χ4n) is 4.28. The number of piperidine rings is 1. The van der Waals surface area contributed by atoms with Gasteiger partial charge in [-0.15, -0.1) is 0 Å². The predicted octanol–water partition coefficient (Wildman–Crippen LogP) is 3.69. The van der Waals surface area contributed by atoms with Crippen molar-refractivity contribution < 1.29 is 0 Å². The smallest absolute Gasteiger partial charge is 0.229 e. The molecule has 0 unspecified atom stereocenters. The number of aromatic nitrogens is 2. The van der Waals surface area contributed by atoms with Gasteiger partial charge in [-0.1, -0.05) is 13.3 Å². The van der Waals surface area contributed by atoms with Gasteiger partial charge in [0.15, 0.2) is 0 Å². The van der Waals surface area contributed by atoms with Gasteiger partial charge in [0, 0.05) is 48.3 Å². The number of nitrogens with zero attached hydrogens (tertiary/aromatic N) is 5. The summed E-state index contributed by atoms with van der Waals surface area (Å²) >= 11 is 0. The highest BCUT2D eigenvalue weighted by atomic mass is 15.3. The summed E-state index contributed by atoms with van der Waals surface area (Å²) in [6, 6.07) is 10.9. The molecule has 1 saturated heterocycles. The summed E-state index contributed by atoms with van der Waals surface area (Å²) in [6.07, 6.45) is 7.03. The molecule has 0 amide bonds. The lowest BCUT2D eigenvalue weighted by atomic mass is 10.0. The van der Waals surface area contributed by atoms with Gasteiger partial charge in [0.2, 0.25) is 5.95 Å². The van der Waals surface area contributed by atoms with Crippen molar-refractivity contribution in [1.29, 1.82) is 5.26 Å². The lowest BCUT2D eigenvalue weighted by Gasteiger charge is -2.38. The van der Waals surface area contributed by atoms with Crippen molar-refractivity contribution >= 4 is 23.1 Å². The van der Waals surface area contributed by atoms with Gasteiger partial charge >= 0.3 is 0 Å². The molecule has 0 radical (unpaired) electrons. The summed E-state index contributed by atoms with van der Waals surface area (Å²) < 4.78 is 0. The molecule has 1 aliphatic carbocycles. The van der Waals surface area contributed by atoms with Gasteiger partial charge in [-0.2, -0.15) is 10.2 Å². The second-order valence-electron chi connectivity index (χ2n) is 8.51. The summed E-state index contributed by atoms with van der Waals surface area (Å²) in [7, 11) is 2.27. The van der Waals surface area contributed by atoms with Crippen LogP contribution in [0.15, 0.2) is 24.3 Å². The van der Waals surface area contributed by atoms with Crippen LogP contribution in [-0.4, -0.2) is 47.1 Å². The van der Waals surface area contributed by atoms with Gasteiger partial charge in [-0.05, 0) is 57.4 Å². The summed E-state index contributed by atoms with van der Waals surface area (Å²) in [5.74, 6) is 1.54. The zero-order chi connectivity index (χ0) is 21.1. The van der Waals surface area contributed by atoms with Crippen molar-refractivity contribution in [3.8, 4) is 6.07 Å². The minimum atomic E-state index is 0.518. The highest BCUT2D eigenvalue weighted by Gasteiger charge is 2.33. The molecule has 2 aliphatic rings. The van der Waals surface area contributed by atoms with Crippen LogP contribution in [0.3, 0.4) is 0 Å². The number of anilines is 4. The van der Waals surface area contributed by atoms with Crippen LogP contribution in [-0.2, 0) is 6.42 Å². The summed E-state index contributed by atoms with van der Waals surface area (Å²) in [4.78, 5) is 14.5. The molecular formula is C23H31N7. The Labute approximate surface area is 178 Å². The van der Waals surface area contributed by atoms with E-state index in [9.17, 15) is 5.26 Å². The Balaban J connectivity index is 1.58.